The van der Waals surface area contributed by atoms with Gasteiger partial charge in [0.25, 0.3) is 0 Å². The Balaban J connectivity index is 3.05. The Morgan fingerprint density at radius 2 is 2.38 bits per heavy atom. The van der Waals surface area contributed by atoms with E-state index in [1.54, 1.807) is 25.3 Å². The van der Waals surface area contributed by atoms with Crippen LogP contribution in [0.5, 0.6) is 5.75 Å². The van der Waals surface area contributed by atoms with E-state index in [-0.39, 0.29) is 0 Å². The van der Waals surface area contributed by atoms with Crippen molar-refractivity contribution in [1.29, 1.82) is 0 Å². The number of nitrogens with zero attached hydrogens (tertiary/aromatic N) is 1. The van der Waals surface area contributed by atoms with Gasteiger partial charge in [-0.1, -0.05) is 0 Å². The number of carboxylic acids is 1. The summed E-state index contributed by atoms with van der Waals surface area (Å²) in [6.45, 7) is 1.58. The molecule has 0 aromatic carbocycles. The molecule has 1 rings (SSSR count). The molecule has 0 saturated heterocycles. The number of aliphatic carboxylic acids is 1. The van der Waals surface area contributed by atoms with Crippen molar-refractivity contribution in [1.82, 2.24) is 4.98 Å². The lowest BCUT2D eigenvalue weighted by Gasteiger charge is -2.09. The second-order valence-electron chi connectivity index (χ2n) is 2.65. The number of pyridine rings is 1. The predicted octanol–water partition coefficient (Wildman–Crippen LogP) is 1.28. The maximum Gasteiger partial charge on any atom is 0.312 e. The van der Waals surface area contributed by atoms with Gasteiger partial charge in [0, 0.05) is 6.20 Å². The number of carbonyl (C=O) groups is 1. The van der Waals surface area contributed by atoms with Crippen LogP contribution in [0, 0.1) is 0 Å². The van der Waals surface area contributed by atoms with Crippen LogP contribution in [0.15, 0.2) is 18.3 Å². The number of ether oxygens (including phenoxy) is 1. The fourth-order valence-corrected chi connectivity index (χ4v) is 1.02. The zero-order chi connectivity index (χ0) is 9.84. The Labute approximate surface area is 76.2 Å². The third kappa shape index (κ3) is 1.96. The molecular weight excluding hydrogens is 170 g/mol. The molecule has 4 nitrogen and oxygen atoms in total. The van der Waals surface area contributed by atoms with Gasteiger partial charge in [0.2, 0.25) is 0 Å². The molecular formula is C9H11NO3. The lowest BCUT2D eigenvalue weighted by atomic mass is 10.1. The molecule has 0 radical (unpaired) electrons. The van der Waals surface area contributed by atoms with Gasteiger partial charge in [0.15, 0.2) is 0 Å². The van der Waals surface area contributed by atoms with Gasteiger partial charge in [0.1, 0.15) is 5.75 Å². The molecule has 1 atom stereocenters. The highest BCUT2D eigenvalue weighted by atomic mass is 16.5. The summed E-state index contributed by atoms with van der Waals surface area (Å²) in [5, 5.41) is 8.76. The fourth-order valence-electron chi connectivity index (χ4n) is 1.02. The summed E-state index contributed by atoms with van der Waals surface area (Å²) in [4.78, 5) is 14.6. The van der Waals surface area contributed by atoms with Gasteiger partial charge in [-0.3, -0.25) is 9.78 Å². The summed E-state index contributed by atoms with van der Waals surface area (Å²) in [5.41, 5.74) is 0.456. The highest BCUT2D eigenvalue weighted by molar-refractivity contribution is 5.75. The molecule has 70 valence electrons. The highest BCUT2D eigenvalue weighted by Crippen LogP contribution is 2.23. The van der Waals surface area contributed by atoms with Crippen LogP contribution in [0.1, 0.15) is 18.5 Å². The van der Waals surface area contributed by atoms with Gasteiger partial charge in [-0.05, 0) is 19.1 Å². The number of carboxylic acid groups (broad SMARTS) is 1. The SMILES string of the molecule is COc1cccnc1C(C)C(=O)O. The zero-order valence-corrected chi connectivity index (χ0v) is 7.52. The molecule has 1 unspecified atom stereocenters. The molecule has 0 amide bonds. The van der Waals surface area contributed by atoms with Crippen LogP contribution >= 0.6 is 0 Å². The summed E-state index contributed by atoms with van der Waals surface area (Å²) in [6, 6.07) is 3.40. The van der Waals surface area contributed by atoms with Crippen molar-refractivity contribution in [3.63, 3.8) is 0 Å². The monoisotopic (exact) mass is 181 g/mol. The second-order valence-corrected chi connectivity index (χ2v) is 2.65. The van der Waals surface area contributed by atoms with Crippen molar-refractivity contribution in [3.8, 4) is 5.75 Å². The number of hydrogen-bond donors (Lipinski definition) is 1. The van der Waals surface area contributed by atoms with Crippen LogP contribution in [0.3, 0.4) is 0 Å². The van der Waals surface area contributed by atoms with Crippen molar-refractivity contribution in [2.75, 3.05) is 7.11 Å². The smallest absolute Gasteiger partial charge is 0.312 e. The van der Waals surface area contributed by atoms with E-state index in [1.165, 1.54) is 7.11 Å². The number of hydrogen-bond acceptors (Lipinski definition) is 3. The molecule has 0 aliphatic rings. The normalized spacial score (nSPS) is 12.2. The minimum atomic E-state index is -0.906. The van der Waals surface area contributed by atoms with E-state index >= 15 is 0 Å². The van der Waals surface area contributed by atoms with Gasteiger partial charge in [0.05, 0.1) is 18.7 Å². The molecule has 0 aliphatic carbocycles. The number of rotatable bonds is 3. The topological polar surface area (TPSA) is 59.4 Å². The van der Waals surface area contributed by atoms with Gasteiger partial charge >= 0.3 is 5.97 Å². The molecule has 1 aromatic rings. The summed E-state index contributed by atoms with van der Waals surface area (Å²) in [7, 11) is 1.50. The third-order valence-corrected chi connectivity index (χ3v) is 1.80. The first-order valence-corrected chi connectivity index (χ1v) is 3.88. The highest BCUT2D eigenvalue weighted by Gasteiger charge is 2.18. The molecule has 4 heteroatoms. The minimum absolute atomic E-state index is 0.456. The van der Waals surface area contributed by atoms with Crippen LogP contribution < -0.4 is 4.74 Å². The lowest BCUT2D eigenvalue weighted by Crippen LogP contribution is -2.10. The molecule has 0 aliphatic heterocycles. The first-order chi connectivity index (χ1) is 6.16. The predicted molar refractivity (Wildman–Crippen MR) is 46.8 cm³/mol. The van der Waals surface area contributed by atoms with E-state index in [0.717, 1.165) is 0 Å². The Kier molecular flexibility index (Phi) is 2.84. The lowest BCUT2D eigenvalue weighted by molar-refractivity contribution is -0.138. The van der Waals surface area contributed by atoms with Crippen LogP contribution in [0.25, 0.3) is 0 Å². The van der Waals surface area contributed by atoms with Crippen molar-refractivity contribution >= 4 is 5.97 Å². The van der Waals surface area contributed by atoms with Gasteiger partial charge < -0.3 is 9.84 Å². The molecule has 0 fully saturated rings. The van der Waals surface area contributed by atoms with Gasteiger partial charge in [-0.15, -0.1) is 0 Å². The van der Waals surface area contributed by atoms with E-state index in [2.05, 4.69) is 4.98 Å². The Bertz CT molecular complexity index is 311. The molecule has 13 heavy (non-hydrogen) atoms. The summed E-state index contributed by atoms with van der Waals surface area (Å²) >= 11 is 0. The van der Waals surface area contributed by atoms with Crippen LogP contribution in [-0.4, -0.2) is 23.2 Å². The first-order valence-electron chi connectivity index (χ1n) is 3.88. The maximum absolute atomic E-state index is 10.7. The molecule has 0 bridgehead atoms. The Morgan fingerprint density at radius 3 is 2.92 bits per heavy atom. The summed E-state index contributed by atoms with van der Waals surface area (Å²) in [6.07, 6.45) is 1.55. The number of aromatic nitrogens is 1. The second kappa shape index (κ2) is 3.89. The minimum Gasteiger partial charge on any atom is -0.495 e. The Hall–Kier alpha value is -1.58. The van der Waals surface area contributed by atoms with Crippen LogP contribution in [0.4, 0.5) is 0 Å². The van der Waals surface area contributed by atoms with Crippen LogP contribution in [0.2, 0.25) is 0 Å². The molecule has 1 N–H and O–H groups in total. The molecule has 1 aromatic heterocycles. The largest absolute Gasteiger partial charge is 0.495 e. The third-order valence-electron chi connectivity index (χ3n) is 1.80. The average Bonchev–Trinajstić information content (AvgIpc) is 2.16. The van der Waals surface area contributed by atoms with Crippen LogP contribution in [-0.2, 0) is 4.79 Å². The first kappa shape index (κ1) is 9.51. The van der Waals surface area contributed by atoms with Crippen molar-refractivity contribution in [2.45, 2.75) is 12.8 Å². The summed E-state index contributed by atoms with van der Waals surface area (Å²) in [5.74, 6) is -1.04. The summed E-state index contributed by atoms with van der Waals surface area (Å²) < 4.78 is 4.99. The molecule has 0 saturated carbocycles. The maximum atomic E-state index is 10.7. The van der Waals surface area contributed by atoms with E-state index < -0.39 is 11.9 Å². The van der Waals surface area contributed by atoms with E-state index in [1.807, 2.05) is 0 Å². The van der Waals surface area contributed by atoms with Crippen molar-refractivity contribution in [2.24, 2.45) is 0 Å². The van der Waals surface area contributed by atoms with Gasteiger partial charge in [-0.2, -0.15) is 0 Å². The van der Waals surface area contributed by atoms with E-state index in [0.29, 0.717) is 11.4 Å². The van der Waals surface area contributed by atoms with Crippen molar-refractivity contribution in [3.05, 3.63) is 24.0 Å². The number of methoxy groups -OCH3 is 1. The van der Waals surface area contributed by atoms with E-state index in [4.69, 9.17) is 9.84 Å². The Morgan fingerprint density at radius 1 is 1.69 bits per heavy atom. The zero-order valence-electron chi connectivity index (χ0n) is 7.52. The fraction of sp³-hybridized carbons (Fsp3) is 0.333. The standard InChI is InChI=1S/C9H11NO3/c1-6(9(11)12)8-7(13-2)4-3-5-10-8/h3-6H,1-2H3,(H,11,12). The van der Waals surface area contributed by atoms with Gasteiger partial charge in [-0.25, -0.2) is 0 Å². The molecule has 0 spiro atoms. The average molecular weight is 181 g/mol. The van der Waals surface area contributed by atoms with E-state index in [9.17, 15) is 4.79 Å². The quantitative estimate of drug-likeness (QED) is 0.763. The molecule has 1 heterocycles. The van der Waals surface area contributed by atoms with Crippen molar-refractivity contribution < 1.29 is 14.6 Å².